The first-order chi connectivity index (χ1) is 12.4. The summed E-state index contributed by atoms with van der Waals surface area (Å²) in [6.45, 7) is 1.85. The van der Waals surface area contributed by atoms with Crippen molar-refractivity contribution in [3.63, 3.8) is 0 Å². The summed E-state index contributed by atoms with van der Waals surface area (Å²) in [5.41, 5.74) is -1.68. The quantitative estimate of drug-likeness (QED) is 0.806. The Labute approximate surface area is 151 Å². The van der Waals surface area contributed by atoms with Gasteiger partial charge in [0.15, 0.2) is 5.60 Å². The van der Waals surface area contributed by atoms with Gasteiger partial charge >= 0.3 is 5.97 Å². The Hall–Kier alpha value is -1.53. The van der Waals surface area contributed by atoms with Crippen LogP contribution in [0.3, 0.4) is 0 Å². The molecule has 2 saturated carbocycles. The Balaban J connectivity index is 1.56. The molecule has 0 spiro atoms. The van der Waals surface area contributed by atoms with E-state index < -0.39 is 29.8 Å². The van der Waals surface area contributed by atoms with Crippen LogP contribution in [0.5, 0.6) is 0 Å². The molecule has 0 amide bonds. The lowest BCUT2D eigenvalue weighted by atomic mass is 9.80. The number of halogens is 2. The van der Waals surface area contributed by atoms with E-state index in [4.69, 9.17) is 4.74 Å². The van der Waals surface area contributed by atoms with Crippen molar-refractivity contribution in [3.05, 3.63) is 35.9 Å². The Morgan fingerprint density at radius 3 is 2.42 bits per heavy atom. The molecule has 6 heteroatoms. The number of benzene rings is 1. The van der Waals surface area contributed by atoms with Gasteiger partial charge in [0, 0.05) is 18.8 Å². The fourth-order valence-electron chi connectivity index (χ4n) is 4.97. The van der Waals surface area contributed by atoms with Crippen molar-refractivity contribution in [1.29, 1.82) is 0 Å². The largest absolute Gasteiger partial charge is 0.460 e. The van der Waals surface area contributed by atoms with Gasteiger partial charge in [0.1, 0.15) is 6.10 Å². The first-order valence-corrected chi connectivity index (χ1v) is 9.46. The van der Waals surface area contributed by atoms with E-state index in [1.54, 1.807) is 30.3 Å². The summed E-state index contributed by atoms with van der Waals surface area (Å²) in [5, 5.41) is 14.7. The number of hydrogen-bond acceptors (Lipinski definition) is 4. The molecular weight excluding hydrogens is 340 g/mol. The lowest BCUT2D eigenvalue weighted by Gasteiger charge is -2.33. The molecule has 1 aromatic carbocycles. The fourth-order valence-corrected chi connectivity index (χ4v) is 4.97. The molecule has 3 fully saturated rings. The maximum Gasteiger partial charge on any atom is 0.343 e. The van der Waals surface area contributed by atoms with Crippen LogP contribution in [0.1, 0.15) is 37.7 Å². The number of rotatable bonds is 4. The highest BCUT2D eigenvalue weighted by molar-refractivity contribution is 5.82. The summed E-state index contributed by atoms with van der Waals surface area (Å²) in [7, 11) is 0. The molecule has 1 aliphatic heterocycles. The number of aliphatic hydroxyl groups is 1. The van der Waals surface area contributed by atoms with Crippen molar-refractivity contribution in [2.45, 2.75) is 49.7 Å². The maximum atomic E-state index is 13.8. The Kier molecular flexibility index (Phi) is 4.51. The number of alkyl halides is 2. The van der Waals surface area contributed by atoms with E-state index in [0.717, 1.165) is 25.9 Å². The predicted molar refractivity (Wildman–Crippen MR) is 91.6 cm³/mol. The van der Waals surface area contributed by atoms with E-state index in [9.17, 15) is 18.7 Å². The molecule has 2 aliphatic carbocycles. The molecule has 0 aromatic heterocycles. The average Bonchev–Trinajstić information content (AvgIpc) is 3.29. The molecule has 1 unspecified atom stereocenters. The number of esters is 1. The third-order valence-corrected chi connectivity index (χ3v) is 6.40. The van der Waals surface area contributed by atoms with Gasteiger partial charge in [-0.15, -0.1) is 0 Å². The summed E-state index contributed by atoms with van der Waals surface area (Å²) in [4.78, 5) is 13.0. The van der Waals surface area contributed by atoms with Crippen LogP contribution in [-0.2, 0) is 15.1 Å². The van der Waals surface area contributed by atoms with Crippen LogP contribution in [0.4, 0.5) is 8.78 Å². The predicted octanol–water partition coefficient (Wildman–Crippen LogP) is 2.85. The van der Waals surface area contributed by atoms with Gasteiger partial charge in [0.25, 0.3) is 0 Å². The molecule has 1 saturated heterocycles. The molecule has 0 bridgehead atoms. The van der Waals surface area contributed by atoms with E-state index in [1.165, 1.54) is 0 Å². The standard InChI is InChI=1S/C20H25F2NO3/c21-19(22)7-6-16(10-19)20(25,15-4-2-1-3-5-15)18(24)26-17-8-13-11-23-12-14(13)9-17/h1-5,13-14,16-17,23,25H,6-12H2/t13-,14+,16-,17?,20+/m1/s1. The number of nitrogens with one attached hydrogen (secondary N) is 1. The molecule has 4 rings (SSSR count). The van der Waals surface area contributed by atoms with Crippen LogP contribution < -0.4 is 5.32 Å². The van der Waals surface area contributed by atoms with Crippen molar-refractivity contribution in [2.75, 3.05) is 13.1 Å². The van der Waals surface area contributed by atoms with Crippen molar-refractivity contribution in [2.24, 2.45) is 17.8 Å². The third-order valence-electron chi connectivity index (χ3n) is 6.40. The van der Waals surface area contributed by atoms with Gasteiger partial charge in [-0.3, -0.25) is 0 Å². The van der Waals surface area contributed by atoms with Gasteiger partial charge in [-0.25, -0.2) is 13.6 Å². The summed E-state index contributed by atoms with van der Waals surface area (Å²) in [5.74, 6) is -3.47. The van der Waals surface area contributed by atoms with Gasteiger partial charge in [0.2, 0.25) is 5.92 Å². The molecule has 142 valence electrons. The van der Waals surface area contributed by atoms with Crippen molar-refractivity contribution >= 4 is 5.97 Å². The normalized spacial score (nSPS) is 35.0. The van der Waals surface area contributed by atoms with Gasteiger partial charge in [0.05, 0.1) is 0 Å². The first kappa shape index (κ1) is 17.9. The summed E-state index contributed by atoms with van der Waals surface area (Å²) in [6.07, 6.45) is 0.612. The number of ether oxygens (including phenoxy) is 1. The maximum absolute atomic E-state index is 13.8. The topological polar surface area (TPSA) is 58.6 Å². The van der Waals surface area contributed by atoms with Crippen LogP contribution in [-0.4, -0.2) is 36.2 Å². The van der Waals surface area contributed by atoms with Gasteiger partial charge in [-0.2, -0.15) is 0 Å². The Morgan fingerprint density at radius 1 is 1.19 bits per heavy atom. The van der Waals surface area contributed by atoms with E-state index >= 15 is 0 Å². The molecule has 0 radical (unpaired) electrons. The highest BCUT2D eigenvalue weighted by Crippen LogP contribution is 2.48. The van der Waals surface area contributed by atoms with Crippen LogP contribution in [0.15, 0.2) is 30.3 Å². The second-order valence-corrected chi connectivity index (χ2v) is 8.11. The minimum absolute atomic E-state index is 0.104. The monoisotopic (exact) mass is 365 g/mol. The molecule has 3 aliphatic rings. The highest BCUT2D eigenvalue weighted by Gasteiger charge is 2.55. The van der Waals surface area contributed by atoms with Crippen molar-refractivity contribution < 1.29 is 23.4 Å². The Bertz CT molecular complexity index is 656. The van der Waals surface area contributed by atoms with Crippen LogP contribution in [0, 0.1) is 17.8 Å². The molecule has 26 heavy (non-hydrogen) atoms. The average molecular weight is 365 g/mol. The SMILES string of the molecule is O=C(OC1C[C@H]2CNC[C@H]2C1)[C@](O)(c1ccccc1)[C@@H]1CCC(F)(F)C1. The van der Waals surface area contributed by atoms with Crippen molar-refractivity contribution in [1.82, 2.24) is 5.32 Å². The van der Waals surface area contributed by atoms with Crippen LogP contribution >= 0.6 is 0 Å². The summed E-state index contributed by atoms with van der Waals surface area (Å²) >= 11 is 0. The van der Waals surface area contributed by atoms with E-state index in [-0.39, 0.29) is 18.9 Å². The van der Waals surface area contributed by atoms with Crippen LogP contribution in [0.25, 0.3) is 0 Å². The zero-order chi connectivity index (χ0) is 18.4. The molecular formula is C20H25F2NO3. The molecule has 5 atom stereocenters. The number of carbonyl (C=O) groups excluding carboxylic acids is 1. The summed E-state index contributed by atoms with van der Waals surface area (Å²) in [6, 6.07) is 8.40. The zero-order valence-electron chi connectivity index (χ0n) is 14.7. The zero-order valence-corrected chi connectivity index (χ0v) is 14.7. The Morgan fingerprint density at radius 2 is 1.85 bits per heavy atom. The van der Waals surface area contributed by atoms with Gasteiger partial charge in [-0.05, 0) is 49.8 Å². The van der Waals surface area contributed by atoms with Crippen molar-refractivity contribution in [3.8, 4) is 0 Å². The number of fused-ring (bicyclic) bond motifs is 1. The third kappa shape index (κ3) is 3.14. The highest BCUT2D eigenvalue weighted by atomic mass is 19.3. The smallest absolute Gasteiger partial charge is 0.343 e. The van der Waals surface area contributed by atoms with E-state index in [1.807, 2.05) is 0 Å². The number of hydrogen-bond donors (Lipinski definition) is 2. The van der Waals surface area contributed by atoms with Gasteiger partial charge in [-0.1, -0.05) is 30.3 Å². The number of carbonyl (C=O) groups is 1. The lowest BCUT2D eigenvalue weighted by Crippen LogP contribution is -2.45. The molecule has 2 N–H and O–H groups in total. The minimum Gasteiger partial charge on any atom is -0.460 e. The van der Waals surface area contributed by atoms with E-state index in [2.05, 4.69) is 5.32 Å². The molecule has 1 aromatic rings. The fraction of sp³-hybridized carbons (Fsp3) is 0.650. The van der Waals surface area contributed by atoms with E-state index in [0.29, 0.717) is 17.4 Å². The second-order valence-electron chi connectivity index (χ2n) is 8.11. The summed E-state index contributed by atoms with van der Waals surface area (Å²) < 4.78 is 33.3. The second kappa shape index (κ2) is 6.57. The first-order valence-electron chi connectivity index (χ1n) is 9.46. The lowest BCUT2D eigenvalue weighted by molar-refractivity contribution is -0.180. The minimum atomic E-state index is -2.84. The van der Waals surface area contributed by atoms with Gasteiger partial charge < -0.3 is 15.2 Å². The van der Waals surface area contributed by atoms with Crippen LogP contribution in [0.2, 0.25) is 0 Å². The molecule has 1 heterocycles. The molecule has 4 nitrogen and oxygen atoms in total.